The molecule has 1 heterocycles. The van der Waals surface area contributed by atoms with Crippen molar-refractivity contribution in [2.75, 3.05) is 12.4 Å². The third-order valence-electron chi connectivity index (χ3n) is 5.33. The first-order chi connectivity index (χ1) is 14.0. The van der Waals surface area contributed by atoms with E-state index in [-0.39, 0.29) is 5.91 Å². The number of methoxy groups -OCH3 is 1. The smallest absolute Gasteiger partial charge is 0.269 e. The van der Waals surface area contributed by atoms with E-state index in [0.29, 0.717) is 16.6 Å². The van der Waals surface area contributed by atoms with Crippen LogP contribution in [0.5, 0.6) is 5.75 Å². The molecule has 0 fully saturated rings. The molecule has 0 saturated carbocycles. The summed E-state index contributed by atoms with van der Waals surface area (Å²) in [4.78, 5) is 16.1. The van der Waals surface area contributed by atoms with Crippen molar-refractivity contribution in [3.05, 3.63) is 59.3 Å². The van der Waals surface area contributed by atoms with Crippen LogP contribution < -0.4 is 20.9 Å². The zero-order valence-corrected chi connectivity index (χ0v) is 17.3. The van der Waals surface area contributed by atoms with E-state index in [9.17, 15) is 4.79 Å². The summed E-state index contributed by atoms with van der Waals surface area (Å²) in [7, 11) is 1.62. The molecule has 6 nitrogen and oxygen atoms in total. The predicted octanol–water partition coefficient (Wildman–Crippen LogP) is 3.93. The number of hydrogen-bond acceptors (Lipinski definition) is 3. The van der Waals surface area contributed by atoms with Crippen molar-refractivity contribution in [2.24, 2.45) is 5.92 Å². The second-order valence-electron chi connectivity index (χ2n) is 7.45. The number of hydrazine groups is 1. The fourth-order valence-corrected chi connectivity index (χ4v) is 3.92. The number of rotatable bonds is 3. The minimum Gasteiger partial charge on any atom is -0.497 e. The van der Waals surface area contributed by atoms with Gasteiger partial charge in [-0.05, 0) is 85.4 Å². The van der Waals surface area contributed by atoms with Gasteiger partial charge >= 0.3 is 0 Å². The molecule has 1 amide bonds. The molecule has 1 aromatic heterocycles. The summed E-state index contributed by atoms with van der Waals surface area (Å²) in [5.41, 5.74) is 10.5. The van der Waals surface area contributed by atoms with Crippen molar-refractivity contribution < 1.29 is 9.53 Å². The summed E-state index contributed by atoms with van der Waals surface area (Å²) in [6.07, 6.45) is 3.32. The van der Waals surface area contributed by atoms with E-state index >= 15 is 0 Å². The average molecular weight is 409 g/mol. The molecule has 150 valence electrons. The summed E-state index contributed by atoms with van der Waals surface area (Å²) in [6, 6.07) is 13.1. The van der Waals surface area contributed by atoms with Crippen LogP contribution in [0.2, 0.25) is 0 Å². The van der Waals surface area contributed by atoms with Crippen LogP contribution in [-0.4, -0.2) is 23.1 Å². The van der Waals surface area contributed by atoms with Gasteiger partial charge in [0.1, 0.15) is 5.75 Å². The van der Waals surface area contributed by atoms with Gasteiger partial charge in [-0.1, -0.05) is 6.92 Å². The number of benzene rings is 2. The molecule has 1 aliphatic carbocycles. The van der Waals surface area contributed by atoms with Crippen LogP contribution in [0, 0.1) is 5.92 Å². The molecule has 1 atom stereocenters. The first kappa shape index (κ1) is 19.3. The molecule has 0 spiro atoms. The quantitative estimate of drug-likeness (QED) is 0.390. The zero-order chi connectivity index (χ0) is 20.4. The van der Waals surface area contributed by atoms with E-state index < -0.39 is 0 Å². The molecule has 0 bridgehead atoms. The van der Waals surface area contributed by atoms with Crippen LogP contribution in [0.1, 0.15) is 35.0 Å². The third kappa shape index (κ3) is 4.19. The highest BCUT2D eigenvalue weighted by Gasteiger charge is 2.20. The van der Waals surface area contributed by atoms with Crippen molar-refractivity contribution in [3.8, 4) is 5.75 Å². The predicted molar refractivity (Wildman–Crippen MR) is 119 cm³/mol. The minimum absolute atomic E-state index is 0.232. The first-order valence-electron chi connectivity index (χ1n) is 9.68. The lowest BCUT2D eigenvalue weighted by atomic mass is 9.87. The van der Waals surface area contributed by atoms with Gasteiger partial charge in [0, 0.05) is 27.8 Å². The number of nitrogens with one attached hydrogen (secondary N) is 4. The van der Waals surface area contributed by atoms with Crippen molar-refractivity contribution in [1.29, 1.82) is 0 Å². The molecule has 0 radical (unpaired) electrons. The Morgan fingerprint density at radius 3 is 2.72 bits per heavy atom. The van der Waals surface area contributed by atoms with Gasteiger partial charge in [-0.2, -0.15) is 0 Å². The maximum atomic E-state index is 12.6. The number of hydrogen-bond donors (Lipinski definition) is 4. The van der Waals surface area contributed by atoms with E-state index in [1.165, 1.54) is 17.7 Å². The van der Waals surface area contributed by atoms with E-state index in [1.807, 2.05) is 42.5 Å². The fraction of sp³-hybridized carbons (Fsp3) is 0.273. The van der Waals surface area contributed by atoms with Crippen molar-refractivity contribution in [1.82, 2.24) is 15.8 Å². The van der Waals surface area contributed by atoms with Crippen LogP contribution in [0.15, 0.2) is 42.5 Å². The van der Waals surface area contributed by atoms with Gasteiger partial charge in [0.15, 0.2) is 5.11 Å². The first-order valence-corrected chi connectivity index (χ1v) is 10.1. The van der Waals surface area contributed by atoms with Crippen LogP contribution in [0.25, 0.3) is 10.9 Å². The van der Waals surface area contributed by atoms with E-state index in [4.69, 9.17) is 17.0 Å². The highest BCUT2D eigenvalue weighted by molar-refractivity contribution is 7.80. The van der Waals surface area contributed by atoms with Crippen molar-refractivity contribution in [3.63, 3.8) is 0 Å². The molecule has 4 N–H and O–H groups in total. The number of aromatic nitrogens is 1. The Labute approximate surface area is 175 Å². The number of fused-ring (bicyclic) bond motifs is 3. The molecule has 0 unspecified atom stereocenters. The van der Waals surface area contributed by atoms with Crippen LogP contribution in [-0.2, 0) is 12.8 Å². The maximum Gasteiger partial charge on any atom is 0.269 e. The molecule has 2 aromatic carbocycles. The van der Waals surface area contributed by atoms with Gasteiger partial charge in [-0.3, -0.25) is 15.6 Å². The molecule has 0 saturated heterocycles. The fourth-order valence-electron chi connectivity index (χ4n) is 3.75. The molecule has 3 aromatic rings. The number of amides is 1. The summed E-state index contributed by atoms with van der Waals surface area (Å²) in [6.45, 7) is 2.28. The topological polar surface area (TPSA) is 78.2 Å². The number of H-pyrrole nitrogens is 1. The number of anilines is 1. The second kappa shape index (κ2) is 8.13. The molecule has 4 rings (SSSR count). The maximum absolute atomic E-state index is 12.6. The average Bonchev–Trinajstić information content (AvgIpc) is 3.09. The van der Waals surface area contributed by atoms with Crippen molar-refractivity contribution >= 4 is 39.8 Å². The van der Waals surface area contributed by atoms with Gasteiger partial charge in [-0.15, -0.1) is 0 Å². The molecular formula is C22H24N4O2S. The Kier molecular flexibility index (Phi) is 5.40. The summed E-state index contributed by atoms with van der Waals surface area (Å²) in [5.74, 6) is 1.20. The van der Waals surface area contributed by atoms with Crippen molar-refractivity contribution in [2.45, 2.75) is 26.2 Å². The second-order valence-corrected chi connectivity index (χ2v) is 7.86. The van der Waals surface area contributed by atoms with E-state index in [0.717, 1.165) is 35.2 Å². The van der Waals surface area contributed by atoms with Crippen LogP contribution in [0.4, 0.5) is 5.69 Å². The molecular weight excluding hydrogens is 384 g/mol. The van der Waals surface area contributed by atoms with Gasteiger partial charge in [0.25, 0.3) is 5.91 Å². The van der Waals surface area contributed by atoms with E-state index in [1.54, 1.807) is 7.11 Å². The number of aryl methyl sites for hydroxylation is 1. The molecule has 1 aliphatic rings. The van der Waals surface area contributed by atoms with Crippen LogP contribution >= 0.6 is 12.2 Å². The van der Waals surface area contributed by atoms with Crippen LogP contribution in [0.3, 0.4) is 0 Å². The Hall–Kier alpha value is -3.06. The third-order valence-corrected chi connectivity index (χ3v) is 5.54. The Bertz CT molecular complexity index is 1060. The Balaban J connectivity index is 1.40. The Morgan fingerprint density at radius 1 is 1.17 bits per heavy atom. The lowest BCUT2D eigenvalue weighted by Gasteiger charge is -2.18. The van der Waals surface area contributed by atoms with E-state index in [2.05, 4.69) is 28.1 Å². The Morgan fingerprint density at radius 2 is 1.97 bits per heavy atom. The monoisotopic (exact) mass is 408 g/mol. The number of thiocarbonyl (C=S) groups is 1. The zero-order valence-electron chi connectivity index (χ0n) is 16.5. The molecule has 7 heteroatoms. The molecule has 0 aliphatic heterocycles. The summed E-state index contributed by atoms with van der Waals surface area (Å²) in [5, 5.41) is 4.46. The highest BCUT2D eigenvalue weighted by atomic mass is 32.1. The van der Waals surface area contributed by atoms with Gasteiger partial charge in [0.2, 0.25) is 0 Å². The molecule has 29 heavy (non-hydrogen) atoms. The lowest BCUT2D eigenvalue weighted by molar-refractivity contribution is 0.0944. The number of aromatic amines is 1. The largest absolute Gasteiger partial charge is 0.497 e. The highest BCUT2D eigenvalue weighted by Crippen LogP contribution is 2.32. The van der Waals surface area contributed by atoms with Gasteiger partial charge in [-0.25, -0.2) is 0 Å². The number of ether oxygens (including phenoxy) is 1. The minimum atomic E-state index is -0.232. The lowest BCUT2D eigenvalue weighted by Crippen LogP contribution is -2.43. The van der Waals surface area contributed by atoms with Gasteiger partial charge < -0.3 is 15.0 Å². The number of carbonyl (C=O) groups is 1. The summed E-state index contributed by atoms with van der Waals surface area (Å²) < 4.78 is 5.13. The van der Waals surface area contributed by atoms with Gasteiger partial charge in [0.05, 0.1) is 7.11 Å². The SMILES string of the molecule is COc1ccc(NC(=S)NNC(=O)c2ccc3[nH]c4c(c3c2)C[C@@H](C)CC4)cc1. The number of carbonyl (C=O) groups excluding carboxylic acids is 1. The standard InChI is InChI=1S/C22H24N4O2S/c1-13-3-9-19-17(11-13)18-12-14(4-10-20(18)24-19)21(27)25-26-22(29)23-15-5-7-16(28-2)8-6-15/h4-8,10,12-13,24H,3,9,11H2,1-2H3,(H,25,27)(H2,23,26,29)/t13-/m0/s1. The normalized spacial score (nSPS) is 15.4. The summed E-state index contributed by atoms with van der Waals surface area (Å²) >= 11 is 5.25.